The molecule has 1 heterocycles. The van der Waals surface area contributed by atoms with Crippen molar-refractivity contribution in [3.63, 3.8) is 0 Å². The number of nitrogens with zero attached hydrogens (tertiary/aromatic N) is 1. The molecule has 0 unspecified atom stereocenters. The van der Waals surface area contributed by atoms with Crippen LogP contribution in [0.2, 0.25) is 0 Å². The van der Waals surface area contributed by atoms with E-state index in [2.05, 4.69) is 22.5 Å². The Morgan fingerprint density at radius 2 is 2.15 bits per heavy atom. The Hall–Kier alpha value is -2.08. The van der Waals surface area contributed by atoms with Crippen molar-refractivity contribution in [1.82, 2.24) is 15.5 Å². The summed E-state index contributed by atoms with van der Waals surface area (Å²) in [6.45, 7) is 3.67. The summed E-state index contributed by atoms with van der Waals surface area (Å²) in [5, 5.41) is 6.26. The molecule has 4 aliphatic rings. The number of para-hydroxylation sites is 1. The van der Waals surface area contributed by atoms with E-state index < -0.39 is 5.72 Å². The molecule has 0 radical (unpaired) electrons. The van der Waals surface area contributed by atoms with Crippen LogP contribution >= 0.6 is 0 Å². The van der Waals surface area contributed by atoms with E-state index in [4.69, 9.17) is 4.74 Å². The molecular weight excluding hydrogens is 342 g/mol. The second-order valence-corrected chi connectivity index (χ2v) is 8.89. The Labute approximate surface area is 160 Å². The van der Waals surface area contributed by atoms with Gasteiger partial charge in [0, 0.05) is 31.3 Å². The zero-order chi connectivity index (χ0) is 19.2. The fourth-order valence-corrected chi connectivity index (χ4v) is 5.18. The summed E-state index contributed by atoms with van der Waals surface area (Å²) in [5.41, 5.74) is -0.261. The number of likely N-dealkylation sites (N-methyl/N-ethyl adjacent to an activating group) is 1. The van der Waals surface area contributed by atoms with Gasteiger partial charge in [-0.2, -0.15) is 0 Å². The van der Waals surface area contributed by atoms with E-state index in [1.54, 1.807) is 6.07 Å². The SMILES string of the molecule is CN(C)CCNC(=O)[C@H]1C[C@@H]2CC[C@]1(C)C[C@@]21NC(=O)c2ccccc2O1. The Morgan fingerprint density at radius 1 is 1.37 bits per heavy atom. The van der Waals surface area contributed by atoms with Crippen LogP contribution < -0.4 is 15.4 Å². The van der Waals surface area contributed by atoms with Crippen molar-refractivity contribution in [2.24, 2.45) is 17.3 Å². The van der Waals surface area contributed by atoms with Gasteiger partial charge in [0.2, 0.25) is 5.91 Å². The summed E-state index contributed by atoms with van der Waals surface area (Å²) in [7, 11) is 4.00. The lowest BCUT2D eigenvalue weighted by Gasteiger charge is -2.59. The van der Waals surface area contributed by atoms with Crippen molar-refractivity contribution < 1.29 is 14.3 Å². The van der Waals surface area contributed by atoms with Crippen LogP contribution in [0.4, 0.5) is 0 Å². The number of ether oxygens (including phenoxy) is 1. The molecule has 4 atom stereocenters. The summed E-state index contributed by atoms with van der Waals surface area (Å²) >= 11 is 0. The largest absolute Gasteiger partial charge is 0.467 e. The third-order valence-corrected chi connectivity index (χ3v) is 6.67. The minimum atomic E-state index is -0.682. The van der Waals surface area contributed by atoms with Crippen molar-refractivity contribution in [2.75, 3.05) is 27.2 Å². The highest BCUT2D eigenvalue weighted by Gasteiger charge is 2.61. The molecule has 3 fully saturated rings. The van der Waals surface area contributed by atoms with Crippen LogP contribution in [0.5, 0.6) is 5.75 Å². The molecule has 1 spiro atoms. The fraction of sp³-hybridized carbons (Fsp3) is 0.619. The maximum atomic E-state index is 12.9. The molecule has 2 amide bonds. The number of rotatable bonds is 4. The Bertz CT molecular complexity index is 765. The molecule has 0 aromatic heterocycles. The smallest absolute Gasteiger partial charge is 0.258 e. The van der Waals surface area contributed by atoms with Gasteiger partial charge in [0.25, 0.3) is 5.91 Å². The molecule has 6 nitrogen and oxygen atoms in total. The number of amides is 2. The first-order chi connectivity index (χ1) is 12.8. The van der Waals surface area contributed by atoms with Crippen LogP contribution in [0.25, 0.3) is 0 Å². The lowest BCUT2D eigenvalue weighted by Crippen LogP contribution is -2.69. The van der Waals surface area contributed by atoms with E-state index in [9.17, 15) is 9.59 Å². The van der Waals surface area contributed by atoms with Crippen LogP contribution in [0.3, 0.4) is 0 Å². The summed E-state index contributed by atoms with van der Waals surface area (Å²) in [4.78, 5) is 27.6. The number of fused-ring (bicyclic) bond motifs is 3. The molecule has 2 N–H and O–H groups in total. The predicted octanol–water partition coefficient (Wildman–Crippen LogP) is 2.01. The van der Waals surface area contributed by atoms with E-state index in [-0.39, 0.29) is 29.1 Å². The van der Waals surface area contributed by atoms with Gasteiger partial charge < -0.3 is 20.3 Å². The third-order valence-electron chi connectivity index (χ3n) is 6.67. The van der Waals surface area contributed by atoms with Crippen LogP contribution in [-0.2, 0) is 4.79 Å². The average Bonchev–Trinajstić information content (AvgIpc) is 2.60. The van der Waals surface area contributed by atoms with Crippen LogP contribution in [0, 0.1) is 17.3 Å². The van der Waals surface area contributed by atoms with Gasteiger partial charge in [-0.25, -0.2) is 0 Å². The summed E-state index contributed by atoms with van der Waals surface area (Å²) in [6, 6.07) is 7.41. The molecule has 1 aromatic carbocycles. The molecule has 1 aromatic rings. The normalized spacial score (nSPS) is 34.1. The van der Waals surface area contributed by atoms with Gasteiger partial charge in [-0.05, 0) is 50.9 Å². The second-order valence-electron chi connectivity index (χ2n) is 8.89. The van der Waals surface area contributed by atoms with E-state index >= 15 is 0 Å². The zero-order valence-corrected chi connectivity index (χ0v) is 16.4. The highest BCUT2D eigenvalue weighted by atomic mass is 16.5. The van der Waals surface area contributed by atoms with Crippen LogP contribution in [0.15, 0.2) is 24.3 Å². The van der Waals surface area contributed by atoms with Gasteiger partial charge in [0.1, 0.15) is 5.75 Å². The molecule has 146 valence electrons. The van der Waals surface area contributed by atoms with Crippen molar-refractivity contribution in [3.05, 3.63) is 29.8 Å². The van der Waals surface area contributed by atoms with Crippen molar-refractivity contribution in [1.29, 1.82) is 0 Å². The van der Waals surface area contributed by atoms with Gasteiger partial charge in [-0.1, -0.05) is 19.1 Å². The first-order valence-corrected chi connectivity index (χ1v) is 9.86. The number of hydrogen-bond acceptors (Lipinski definition) is 4. The Morgan fingerprint density at radius 3 is 2.89 bits per heavy atom. The second kappa shape index (κ2) is 6.51. The lowest BCUT2D eigenvalue weighted by atomic mass is 9.52. The third kappa shape index (κ3) is 3.10. The Balaban J connectivity index is 1.53. The standard InChI is InChI=1S/C21H29N3O3/c1-20-9-8-14(12-16(20)19(26)22-10-11-24(2)3)21(13-20)23-18(25)15-6-4-5-7-17(15)27-21/h4-7,14,16H,8-13H2,1-3H3,(H,22,26)(H,23,25)/t14-,16+,20+,21-/m0/s1. The van der Waals surface area contributed by atoms with Crippen LogP contribution in [-0.4, -0.2) is 49.6 Å². The lowest BCUT2D eigenvalue weighted by molar-refractivity contribution is -0.167. The van der Waals surface area contributed by atoms with Gasteiger partial charge in [0.15, 0.2) is 5.72 Å². The molecule has 5 rings (SSSR count). The van der Waals surface area contributed by atoms with Crippen LogP contribution in [0.1, 0.15) is 43.0 Å². The topological polar surface area (TPSA) is 70.7 Å². The highest BCUT2D eigenvalue weighted by Crippen LogP contribution is 2.58. The quantitative estimate of drug-likeness (QED) is 0.849. The number of carbonyl (C=O) groups is 2. The van der Waals surface area contributed by atoms with Gasteiger partial charge in [0.05, 0.1) is 5.56 Å². The van der Waals surface area contributed by atoms with Gasteiger partial charge in [-0.15, -0.1) is 0 Å². The molecule has 27 heavy (non-hydrogen) atoms. The monoisotopic (exact) mass is 371 g/mol. The molecule has 3 aliphatic carbocycles. The van der Waals surface area contributed by atoms with Crippen molar-refractivity contribution >= 4 is 11.8 Å². The van der Waals surface area contributed by atoms with Crippen molar-refractivity contribution in [3.8, 4) is 5.75 Å². The Kier molecular flexibility index (Phi) is 4.41. The molecule has 2 bridgehead atoms. The minimum Gasteiger partial charge on any atom is -0.467 e. The van der Waals surface area contributed by atoms with Crippen molar-refractivity contribution in [2.45, 2.75) is 38.3 Å². The van der Waals surface area contributed by atoms with E-state index in [1.165, 1.54) is 0 Å². The number of nitrogens with one attached hydrogen (secondary N) is 2. The predicted molar refractivity (Wildman–Crippen MR) is 102 cm³/mol. The van der Waals surface area contributed by atoms with Gasteiger partial charge >= 0.3 is 0 Å². The molecular formula is C21H29N3O3. The number of benzene rings is 1. The minimum absolute atomic E-state index is 0.0262. The fourth-order valence-electron chi connectivity index (χ4n) is 5.18. The van der Waals surface area contributed by atoms with E-state index in [1.807, 2.05) is 32.3 Å². The molecule has 1 aliphatic heterocycles. The van der Waals surface area contributed by atoms with E-state index in [0.29, 0.717) is 24.3 Å². The maximum Gasteiger partial charge on any atom is 0.258 e. The summed E-state index contributed by atoms with van der Waals surface area (Å²) in [6.07, 6.45) is 3.40. The zero-order valence-electron chi connectivity index (χ0n) is 16.4. The maximum absolute atomic E-state index is 12.9. The molecule has 3 saturated carbocycles. The highest BCUT2D eigenvalue weighted by molar-refractivity contribution is 5.98. The summed E-state index contributed by atoms with van der Waals surface area (Å²) < 4.78 is 6.40. The molecule has 0 saturated heterocycles. The van der Waals surface area contributed by atoms with E-state index in [0.717, 1.165) is 25.8 Å². The first kappa shape index (κ1) is 18.3. The average molecular weight is 371 g/mol. The number of hydrogen-bond donors (Lipinski definition) is 2. The number of carbonyl (C=O) groups excluding carboxylic acids is 2. The first-order valence-electron chi connectivity index (χ1n) is 9.86. The molecule has 6 heteroatoms. The van der Waals surface area contributed by atoms with Gasteiger partial charge in [-0.3, -0.25) is 9.59 Å². The summed E-state index contributed by atoms with van der Waals surface area (Å²) in [5.74, 6) is 0.855.